The molecule has 0 bridgehead atoms. The highest BCUT2D eigenvalue weighted by Crippen LogP contribution is 2.42. The van der Waals surface area contributed by atoms with E-state index in [1.54, 1.807) is 26.0 Å². The summed E-state index contributed by atoms with van der Waals surface area (Å²) in [5.74, 6) is 2.80. The second-order valence-corrected chi connectivity index (χ2v) is 10.3. The number of allylic oxidation sites excluding steroid dienone is 2. The van der Waals surface area contributed by atoms with Gasteiger partial charge in [-0.3, -0.25) is 4.79 Å². The Morgan fingerprint density at radius 2 is 1.71 bits per heavy atom. The SMILES string of the molecule is COc1ccc(C2C3=C(CCCC3=O)Nc3nc(SCc4ccc(-c5ccccc5)cc4)nn32)cc1OC. The van der Waals surface area contributed by atoms with Crippen LogP contribution >= 0.6 is 11.8 Å². The van der Waals surface area contributed by atoms with Crippen LogP contribution in [-0.4, -0.2) is 34.8 Å². The van der Waals surface area contributed by atoms with E-state index in [2.05, 4.69) is 53.8 Å². The summed E-state index contributed by atoms with van der Waals surface area (Å²) in [6, 6.07) is 24.3. The Hall–Kier alpha value is -4.04. The average Bonchev–Trinajstić information content (AvgIpc) is 3.38. The van der Waals surface area contributed by atoms with Gasteiger partial charge < -0.3 is 14.8 Å². The standard InChI is InChI=1S/C30H28N4O3S/c1-36-25-16-15-22(17-26(25)37-2)28-27-23(9-6-10-24(27)35)31-29-32-30(33-34(28)29)38-18-19-11-13-21(14-12-19)20-7-4-3-5-8-20/h3-5,7-8,11-17,28H,6,9-10,18H2,1-2H3,(H,31,32,33). The minimum absolute atomic E-state index is 0.146. The number of fused-ring (bicyclic) bond motifs is 1. The first-order chi connectivity index (χ1) is 18.6. The molecule has 2 aliphatic rings. The minimum Gasteiger partial charge on any atom is -0.493 e. The van der Waals surface area contributed by atoms with Crippen molar-refractivity contribution in [2.45, 2.75) is 36.2 Å². The number of aromatic nitrogens is 3. The number of nitrogens with zero attached hydrogens (tertiary/aromatic N) is 3. The van der Waals surface area contributed by atoms with Crippen molar-refractivity contribution in [2.75, 3.05) is 19.5 Å². The lowest BCUT2D eigenvalue weighted by Crippen LogP contribution is -2.31. The third kappa shape index (κ3) is 4.56. The molecule has 1 aliphatic carbocycles. The van der Waals surface area contributed by atoms with Gasteiger partial charge in [0.05, 0.1) is 14.2 Å². The fourth-order valence-corrected chi connectivity index (χ4v) is 5.89. The second-order valence-electron chi connectivity index (χ2n) is 9.33. The number of anilines is 1. The largest absolute Gasteiger partial charge is 0.493 e. The number of ketones is 1. The van der Waals surface area contributed by atoms with Gasteiger partial charge in [-0.1, -0.05) is 72.4 Å². The number of hydrogen-bond donors (Lipinski definition) is 1. The van der Waals surface area contributed by atoms with E-state index in [9.17, 15) is 4.79 Å². The van der Waals surface area contributed by atoms with Crippen LogP contribution < -0.4 is 14.8 Å². The smallest absolute Gasteiger partial charge is 0.227 e. The van der Waals surface area contributed by atoms with Gasteiger partial charge in [-0.2, -0.15) is 4.98 Å². The molecule has 0 fully saturated rings. The lowest BCUT2D eigenvalue weighted by molar-refractivity contribution is -0.116. The van der Waals surface area contributed by atoms with Crippen molar-refractivity contribution < 1.29 is 14.3 Å². The van der Waals surface area contributed by atoms with Crippen molar-refractivity contribution in [1.82, 2.24) is 14.8 Å². The first kappa shape index (κ1) is 24.3. The molecule has 3 aromatic carbocycles. The molecule has 8 heteroatoms. The summed E-state index contributed by atoms with van der Waals surface area (Å²) >= 11 is 1.58. The van der Waals surface area contributed by atoms with Gasteiger partial charge in [0, 0.05) is 23.4 Å². The number of carbonyl (C=O) groups excluding carboxylic acids is 1. The van der Waals surface area contributed by atoms with E-state index in [0.717, 1.165) is 35.4 Å². The highest BCUT2D eigenvalue weighted by molar-refractivity contribution is 7.98. The molecule has 1 N–H and O–H groups in total. The maximum Gasteiger partial charge on any atom is 0.227 e. The summed E-state index contributed by atoms with van der Waals surface area (Å²) in [6.45, 7) is 0. The van der Waals surface area contributed by atoms with Crippen molar-refractivity contribution in [2.24, 2.45) is 0 Å². The van der Waals surface area contributed by atoms with E-state index in [1.807, 2.05) is 28.9 Å². The predicted octanol–water partition coefficient (Wildman–Crippen LogP) is 6.28. The molecule has 0 saturated carbocycles. The van der Waals surface area contributed by atoms with Crippen LogP contribution in [0.25, 0.3) is 11.1 Å². The molecule has 2 heterocycles. The third-order valence-corrected chi connectivity index (χ3v) is 7.91. The van der Waals surface area contributed by atoms with Gasteiger partial charge in [0.25, 0.3) is 0 Å². The molecule has 0 radical (unpaired) electrons. The number of ether oxygens (including phenoxy) is 2. The van der Waals surface area contributed by atoms with Crippen molar-refractivity contribution >= 4 is 23.5 Å². The van der Waals surface area contributed by atoms with E-state index >= 15 is 0 Å². The Kier molecular flexibility index (Phi) is 6.64. The van der Waals surface area contributed by atoms with E-state index in [0.29, 0.717) is 29.0 Å². The van der Waals surface area contributed by atoms with Crippen molar-refractivity contribution in [1.29, 1.82) is 0 Å². The van der Waals surface area contributed by atoms with Crippen LogP contribution in [0.2, 0.25) is 0 Å². The first-order valence-electron chi connectivity index (χ1n) is 12.6. The van der Waals surface area contributed by atoms with Gasteiger partial charge in [0.15, 0.2) is 17.3 Å². The molecule has 1 aliphatic heterocycles. The monoisotopic (exact) mass is 524 g/mol. The van der Waals surface area contributed by atoms with Crippen LogP contribution in [-0.2, 0) is 10.5 Å². The molecule has 1 unspecified atom stereocenters. The lowest BCUT2D eigenvalue weighted by atomic mass is 9.85. The maximum absolute atomic E-state index is 13.1. The first-order valence-corrected chi connectivity index (χ1v) is 13.6. The molecule has 1 aromatic heterocycles. The van der Waals surface area contributed by atoms with E-state index in [1.165, 1.54) is 16.7 Å². The second kappa shape index (κ2) is 10.4. The summed E-state index contributed by atoms with van der Waals surface area (Å²) in [5, 5.41) is 8.93. The Balaban J connectivity index is 1.28. The lowest BCUT2D eigenvalue weighted by Gasteiger charge is -2.32. The van der Waals surface area contributed by atoms with E-state index in [-0.39, 0.29) is 11.8 Å². The topological polar surface area (TPSA) is 78.3 Å². The number of thioether (sulfide) groups is 1. The maximum atomic E-state index is 13.1. The molecule has 4 aromatic rings. The van der Waals surface area contributed by atoms with Crippen LogP contribution in [0.3, 0.4) is 0 Å². The fourth-order valence-electron chi connectivity index (χ4n) is 5.10. The quantitative estimate of drug-likeness (QED) is 0.285. The number of carbonyl (C=O) groups is 1. The highest BCUT2D eigenvalue weighted by atomic mass is 32.2. The average molecular weight is 525 g/mol. The molecule has 0 spiro atoms. The third-order valence-electron chi connectivity index (χ3n) is 7.00. The Bertz CT molecular complexity index is 1510. The van der Waals surface area contributed by atoms with Crippen LogP contribution in [0.15, 0.2) is 89.2 Å². The van der Waals surface area contributed by atoms with Gasteiger partial charge in [-0.25, -0.2) is 4.68 Å². The number of Topliss-reactive ketones (excluding diaryl/α,β-unsaturated/α-hetero) is 1. The van der Waals surface area contributed by atoms with Gasteiger partial charge in [-0.05, 0) is 47.2 Å². The molecular formula is C30H28N4O3S. The van der Waals surface area contributed by atoms with Gasteiger partial charge in [0.1, 0.15) is 6.04 Å². The van der Waals surface area contributed by atoms with Gasteiger partial charge in [0.2, 0.25) is 11.1 Å². The van der Waals surface area contributed by atoms with Crippen molar-refractivity contribution in [3.05, 3.63) is 95.2 Å². The normalized spacial score (nSPS) is 16.5. The summed E-state index contributed by atoms with van der Waals surface area (Å²) in [6.07, 6.45) is 2.18. The van der Waals surface area contributed by atoms with Crippen LogP contribution in [0.5, 0.6) is 11.5 Å². The zero-order valence-electron chi connectivity index (χ0n) is 21.3. The number of nitrogens with one attached hydrogen (secondary N) is 1. The Morgan fingerprint density at radius 3 is 2.47 bits per heavy atom. The van der Waals surface area contributed by atoms with Gasteiger partial charge in [-0.15, -0.1) is 5.10 Å². The predicted molar refractivity (Wildman–Crippen MR) is 149 cm³/mol. The number of benzene rings is 3. The summed E-state index contributed by atoms with van der Waals surface area (Å²) < 4.78 is 12.8. The fraction of sp³-hybridized carbons (Fsp3) is 0.233. The van der Waals surface area contributed by atoms with Crippen molar-refractivity contribution in [3.8, 4) is 22.6 Å². The van der Waals surface area contributed by atoms with E-state index < -0.39 is 0 Å². The number of hydrogen-bond acceptors (Lipinski definition) is 7. The van der Waals surface area contributed by atoms with Crippen LogP contribution in [0.4, 0.5) is 5.95 Å². The van der Waals surface area contributed by atoms with Crippen molar-refractivity contribution in [3.63, 3.8) is 0 Å². The molecule has 0 amide bonds. The zero-order chi connectivity index (χ0) is 26.1. The number of methoxy groups -OCH3 is 2. The molecule has 6 rings (SSSR count). The minimum atomic E-state index is -0.374. The van der Waals surface area contributed by atoms with E-state index in [4.69, 9.17) is 19.6 Å². The Labute approximate surface area is 225 Å². The van der Waals surface area contributed by atoms with Crippen LogP contribution in [0, 0.1) is 0 Å². The summed E-state index contributed by atoms with van der Waals surface area (Å²) in [7, 11) is 3.23. The molecule has 0 saturated heterocycles. The van der Waals surface area contributed by atoms with Gasteiger partial charge >= 0.3 is 0 Å². The molecule has 192 valence electrons. The number of rotatable bonds is 7. The van der Waals surface area contributed by atoms with Crippen LogP contribution in [0.1, 0.15) is 36.4 Å². The summed E-state index contributed by atoms with van der Waals surface area (Å²) in [4.78, 5) is 17.9. The highest BCUT2D eigenvalue weighted by Gasteiger charge is 2.37. The zero-order valence-corrected chi connectivity index (χ0v) is 22.1. The summed E-state index contributed by atoms with van der Waals surface area (Å²) in [5.41, 5.74) is 6.19. The molecular weight excluding hydrogens is 496 g/mol. The molecule has 7 nitrogen and oxygen atoms in total. The molecule has 1 atom stereocenters. The Morgan fingerprint density at radius 1 is 0.947 bits per heavy atom. The molecule has 38 heavy (non-hydrogen) atoms.